The predicted octanol–water partition coefficient (Wildman–Crippen LogP) is 4.26. The molecule has 0 aliphatic heterocycles. The molecule has 0 fully saturated rings. The van der Waals surface area contributed by atoms with E-state index >= 15 is 0 Å². The number of rotatable bonds is 3. The summed E-state index contributed by atoms with van der Waals surface area (Å²) in [5.41, 5.74) is 2.60. The molecule has 0 saturated carbocycles. The van der Waals surface area contributed by atoms with Crippen LogP contribution in [0, 0.1) is 13.8 Å². The molecule has 2 nitrogen and oxygen atoms in total. The molecule has 0 aliphatic rings. The van der Waals surface area contributed by atoms with E-state index in [4.69, 9.17) is 33.9 Å². The molecular weight excluding hydrogens is 289 g/mol. The second kappa shape index (κ2) is 5.50. The number of amides is 1. The van der Waals surface area contributed by atoms with Gasteiger partial charge in [-0.15, -0.1) is 0 Å². The monoisotopic (exact) mass is 297 g/mol. The van der Waals surface area contributed by atoms with Gasteiger partial charge in [0.1, 0.15) is 0 Å². The Bertz CT molecular complexity index is 389. The summed E-state index contributed by atoms with van der Waals surface area (Å²) in [6.45, 7) is 3.78. The quantitative estimate of drug-likeness (QED) is 0.845. The molecule has 0 aliphatic carbocycles. The van der Waals surface area contributed by atoms with Crippen LogP contribution in [0.3, 0.4) is 0 Å². The van der Waals surface area contributed by atoms with Gasteiger partial charge in [0, 0.05) is 5.69 Å². The fourth-order valence-electron chi connectivity index (χ4n) is 1.23. The van der Waals surface area contributed by atoms with Crippen LogP contribution in [-0.2, 0) is 4.79 Å². The fraction of sp³-hybridized carbons (Fsp3) is 0.300. The third-order valence-electron chi connectivity index (χ3n) is 2.08. The standard InChI is InChI=1S/C10H10Cl3NOS/c1-6-4-3-5-7(2)8(6)14-9(15)10(11,12)16-13/h3-5H,1-2H3,(H,14,15). The number of aryl methyl sites for hydroxylation is 2. The highest BCUT2D eigenvalue weighted by molar-refractivity contribution is 8.24. The third-order valence-corrected chi connectivity index (χ3v) is 4.43. The van der Waals surface area contributed by atoms with Crippen molar-refractivity contribution >= 4 is 56.5 Å². The Hall–Kier alpha value is -0.0900. The zero-order valence-corrected chi connectivity index (χ0v) is 11.8. The minimum absolute atomic E-state index is 0.548. The number of para-hydroxylation sites is 1. The second-order valence-electron chi connectivity index (χ2n) is 3.31. The highest BCUT2D eigenvalue weighted by Gasteiger charge is 2.34. The van der Waals surface area contributed by atoms with E-state index in [1.807, 2.05) is 32.0 Å². The molecule has 0 bridgehead atoms. The average Bonchev–Trinajstić information content (AvgIpc) is 2.23. The summed E-state index contributed by atoms with van der Waals surface area (Å²) < 4.78 is -1.68. The van der Waals surface area contributed by atoms with Gasteiger partial charge in [0.2, 0.25) is 0 Å². The van der Waals surface area contributed by atoms with E-state index in [0.29, 0.717) is 16.7 Å². The number of halogens is 3. The van der Waals surface area contributed by atoms with Crippen molar-refractivity contribution in [1.29, 1.82) is 0 Å². The number of alkyl halides is 2. The first-order chi connectivity index (χ1) is 7.38. The first kappa shape index (κ1) is 14.0. The maximum absolute atomic E-state index is 11.7. The van der Waals surface area contributed by atoms with E-state index in [1.54, 1.807) is 0 Å². The number of hydrogen-bond acceptors (Lipinski definition) is 2. The number of anilines is 1. The lowest BCUT2D eigenvalue weighted by Gasteiger charge is -2.17. The summed E-state index contributed by atoms with van der Waals surface area (Å²) >= 11 is 11.4. The summed E-state index contributed by atoms with van der Waals surface area (Å²) in [6.07, 6.45) is 0. The first-order valence-electron chi connectivity index (χ1n) is 4.43. The van der Waals surface area contributed by atoms with Gasteiger partial charge in [-0.3, -0.25) is 4.79 Å². The molecular formula is C10H10Cl3NOS. The lowest BCUT2D eigenvalue weighted by atomic mass is 10.1. The van der Waals surface area contributed by atoms with Crippen LogP contribution in [0.5, 0.6) is 0 Å². The molecule has 0 unspecified atom stereocenters. The molecule has 0 saturated heterocycles. The Morgan fingerprint density at radius 1 is 1.31 bits per heavy atom. The van der Waals surface area contributed by atoms with Crippen LogP contribution < -0.4 is 5.32 Å². The summed E-state index contributed by atoms with van der Waals surface area (Å²) in [4.78, 5) is 11.7. The van der Waals surface area contributed by atoms with Gasteiger partial charge in [-0.1, -0.05) is 41.4 Å². The van der Waals surface area contributed by atoms with Gasteiger partial charge in [-0.25, -0.2) is 0 Å². The molecule has 16 heavy (non-hydrogen) atoms. The van der Waals surface area contributed by atoms with Crippen molar-refractivity contribution in [3.8, 4) is 0 Å². The van der Waals surface area contributed by atoms with E-state index in [1.165, 1.54) is 0 Å². The van der Waals surface area contributed by atoms with Crippen LogP contribution in [0.25, 0.3) is 0 Å². The molecule has 0 heterocycles. The van der Waals surface area contributed by atoms with Crippen LogP contribution in [0.4, 0.5) is 5.69 Å². The number of carbonyl (C=O) groups excluding carboxylic acids is 1. The van der Waals surface area contributed by atoms with Gasteiger partial charge in [-0.05, 0) is 46.6 Å². The van der Waals surface area contributed by atoms with Crippen molar-refractivity contribution in [3.05, 3.63) is 29.3 Å². The largest absolute Gasteiger partial charge is 0.322 e. The van der Waals surface area contributed by atoms with Crippen molar-refractivity contribution in [2.75, 3.05) is 5.32 Å². The topological polar surface area (TPSA) is 29.1 Å². The highest BCUT2D eigenvalue weighted by Crippen LogP contribution is 2.38. The summed E-state index contributed by atoms with van der Waals surface area (Å²) in [6, 6.07) is 5.69. The molecule has 0 radical (unpaired) electrons. The first-order valence-corrected chi connectivity index (χ1v) is 6.83. The van der Waals surface area contributed by atoms with Gasteiger partial charge >= 0.3 is 0 Å². The average molecular weight is 299 g/mol. The molecule has 6 heteroatoms. The lowest BCUT2D eigenvalue weighted by Crippen LogP contribution is -2.29. The third kappa shape index (κ3) is 3.20. The van der Waals surface area contributed by atoms with Crippen molar-refractivity contribution in [2.45, 2.75) is 17.5 Å². The molecule has 0 atom stereocenters. The van der Waals surface area contributed by atoms with E-state index < -0.39 is 9.57 Å². The molecule has 1 aromatic rings. The molecule has 88 valence electrons. The lowest BCUT2D eigenvalue weighted by molar-refractivity contribution is -0.115. The molecule has 0 spiro atoms. The Morgan fingerprint density at radius 2 is 1.81 bits per heavy atom. The Balaban J connectivity index is 2.94. The van der Waals surface area contributed by atoms with Gasteiger partial charge < -0.3 is 5.32 Å². The maximum atomic E-state index is 11.7. The summed E-state index contributed by atoms with van der Waals surface area (Å²) in [7, 11) is 5.98. The molecule has 1 amide bonds. The molecule has 1 N–H and O–H groups in total. The summed E-state index contributed by atoms with van der Waals surface area (Å²) in [5.74, 6) is -0.548. The Labute approximate surface area is 113 Å². The number of carbonyl (C=O) groups is 1. The van der Waals surface area contributed by atoms with Crippen LogP contribution >= 0.6 is 44.9 Å². The number of nitrogens with one attached hydrogen (secondary N) is 1. The zero-order chi connectivity index (χ0) is 12.3. The van der Waals surface area contributed by atoms with Crippen molar-refractivity contribution in [2.24, 2.45) is 0 Å². The second-order valence-corrected chi connectivity index (χ2v) is 6.32. The van der Waals surface area contributed by atoms with Crippen LogP contribution in [-0.4, -0.2) is 9.57 Å². The van der Waals surface area contributed by atoms with E-state index in [2.05, 4.69) is 5.32 Å². The van der Waals surface area contributed by atoms with Gasteiger partial charge in [-0.2, -0.15) is 0 Å². The SMILES string of the molecule is Cc1cccc(C)c1NC(=O)C(Cl)(Cl)SCl. The minimum atomic E-state index is -1.68. The van der Waals surface area contributed by atoms with Crippen molar-refractivity contribution < 1.29 is 4.79 Å². The summed E-state index contributed by atoms with van der Waals surface area (Å²) in [5, 5.41) is 2.66. The maximum Gasteiger partial charge on any atom is 0.272 e. The number of benzene rings is 1. The van der Waals surface area contributed by atoms with E-state index in [9.17, 15) is 4.79 Å². The van der Waals surface area contributed by atoms with Crippen molar-refractivity contribution in [1.82, 2.24) is 0 Å². The van der Waals surface area contributed by atoms with E-state index in [0.717, 1.165) is 11.1 Å². The van der Waals surface area contributed by atoms with E-state index in [-0.39, 0.29) is 0 Å². The highest BCUT2D eigenvalue weighted by atomic mass is 35.7. The molecule has 0 aromatic heterocycles. The normalized spacial score (nSPS) is 11.3. The fourth-order valence-corrected chi connectivity index (χ4v) is 1.66. The van der Waals surface area contributed by atoms with Gasteiger partial charge in [0.05, 0.1) is 0 Å². The Kier molecular flexibility index (Phi) is 4.80. The number of hydrogen-bond donors (Lipinski definition) is 1. The van der Waals surface area contributed by atoms with Crippen LogP contribution in [0.15, 0.2) is 18.2 Å². The predicted molar refractivity (Wildman–Crippen MR) is 72.4 cm³/mol. The van der Waals surface area contributed by atoms with Crippen LogP contribution in [0.2, 0.25) is 0 Å². The molecule has 1 rings (SSSR count). The van der Waals surface area contributed by atoms with Gasteiger partial charge in [0.15, 0.2) is 0 Å². The minimum Gasteiger partial charge on any atom is -0.322 e. The zero-order valence-electron chi connectivity index (χ0n) is 8.68. The van der Waals surface area contributed by atoms with Gasteiger partial charge in [0.25, 0.3) is 9.57 Å². The molecule has 1 aromatic carbocycles. The smallest absolute Gasteiger partial charge is 0.272 e. The Morgan fingerprint density at radius 3 is 2.25 bits per heavy atom. The van der Waals surface area contributed by atoms with Crippen LogP contribution in [0.1, 0.15) is 11.1 Å². The van der Waals surface area contributed by atoms with Crippen molar-refractivity contribution in [3.63, 3.8) is 0 Å².